The monoisotopic (exact) mass is 310 g/mol. The molecular formula is CH3ClK3O7P. The van der Waals surface area contributed by atoms with Gasteiger partial charge in [0.25, 0.3) is 7.82 Å². The van der Waals surface area contributed by atoms with Crippen LogP contribution in [0.4, 0.5) is 4.79 Å². The first kappa shape index (κ1) is 36.0. The van der Waals surface area contributed by atoms with Gasteiger partial charge in [-0.05, 0) is 0 Å². The van der Waals surface area contributed by atoms with E-state index < -0.39 is 14.0 Å². The van der Waals surface area contributed by atoms with E-state index in [1.165, 1.54) is 0 Å². The van der Waals surface area contributed by atoms with Gasteiger partial charge in [0.2, 0.25) is 6.16 Å². The molecule has 0 rings (SSSR count). The molecule has 0 aromatic carbocycles. The van der Waals surface area contributed by atoms with Crippen LogP contribution in [-0.2, 0) is 4.57 Å². The average molecular weight is 311 g/mol. The van der Waals surface area contributed by atoms with Crippen molar-refractivity contribution in [3.8, 4) is 0 Å². The molecule has 0 heterocycles. The summed E-state index contributed by atoms with van der Waals surface area (Å²) in [5, 5.41) is 15.3. The molecule has 0 atom stereocenters. The van der Waals surface area contributed by atoms with Gasteiger partial charge in [0.15, 0.2) is 0 Å². The van der Waals surface area contributed by atoms with Crippen LogP contribution in [0.1, 0.15) is 0 Å². The molecule has 0 amide bonds. The molecule has 0 aromatic heterocycles. The van der Waals surface area contributed by atoms with Crippen molar-refractivity contribution in [2.45, 2.75) is 0 Å². The smallest absolute Gasteiger partial charge is 1.00 e. The number of carbonyl (C=O) groups is 1. The molecule has 7 nitrogen and oxygen atoms in total. The van der Waals surface area contributed by atoms with Gasteiger partial charge in [0.05, 0.1) is 0 Å². The topological polar surface area (TPSA) is 141 Å². The maximum atomic E-state index is 8.77. The minimum Gasteiger partial charge on any atom is -1.00 e. The molecule has 0 fully saturated rings. The van der Waals surface area contributed by atoms with E-state index in [1.807, 2.05) is 0 Å². The molecule has 3 N–H and O–H groups in total. The normalized spacial score (nSPS) is 6.38. The van der Waals surface area contributed by atoms with Gasteiger partial charge in [-0.3, -0.25) is 4.57 Å². The van der Waals surface area contributed by atoms with Crippen LogP contribution < -0.4 is 177 Å². The average Bonchev–Trinajstić information content (AvgIpc) is 1.19. The van der Waals surface area contributed by atoms with E-state index in [9.17, 15) is 0 Å². The molecular weight excluding hydrogens is 308 g/mol. The standard InChI is InChI=1S/CH2O3.ClH.3K.H3O4P/c2-1(3)4;;;;;1-5(2,3)4/h(H2,2,3,4);1H;;;;(H3,1,2,3,4)/q;;3*+1;/p-3. The maximum Gasteiger partial charge on any atom is 1.00 e. The summed E-state index contributed by atoms with van der Waals surface area (Å²) in [4.78, 5) is 31.4. The number of rotatable bonds is 0. The number of carboxylic acid groups (broad SMARTS) is 2. The largest absolute Gasteiger partial charge is 1.00 e. The van der Waals surface area contributed by atoms with E-state index in [-0.39, 0.29) is 167 Å². The van der Waals surface area contributed by atoms with Gasteiger partial charge in [-0.15, -0.1) is 0 Å². The SMILES string of the molecule is O=C([O-])O.O=P([O-])(O)O.[Cl-].[K+].[K+].[K+]. The predicted molar refractivity (Wildman–Crippen MR) is 20.1 cm³/mol. The zero-order valence-corrected chi connectivity index (χ0v) is 18.3. The Labute approximate surface area is 208 Å². The Morgan fingerprint density at radius 3 is 1.15 bits per heavy atom. The molecule has 0 unspecified atom stereocenters. The first-order valence-electron chi connectivity index (χ1n) is 1.40. The number of phosphoric acid groups is 1. The summed E-state index contributed by atoms with van der Waals surface area (Å²) in [6.07, 6.45) is -2.08. The zero-order chi connectivity index (χ0) is 8.08. The second-order valence-electron chi connectivity index (χ2n) is 0.756. The van der Waals surface area contributed by atoms with Crippen LogP contribution in [0, 0.1) is 0 Å². The molecule has 0 aliphatic rings. The van der Waals surface area contributed by atoms with Gasteiger partial charge in [-0.25, -0.2) is 0 Å². The first-order chi connectivity index (χ1) is 3.73. The van der Waals surface area contributed by atoms with E-state index in [0.717, 1.165) is 0 Å². The summed E-state index contributed by atoms with van der Waals surface area (Å²) < 4.78 is 8.77. The fourth-order valence-electron chi connectivity index (χ4n) is 0. The Hall–Kier alpha value is 4.58. The Kier molecular flexibility index (Phi) is 60.5. The zero-order valence-electron chi connectivity index (χ0n) is 7.30. The number of halogens is 1. The Bertz CT molecular complexity index is 123. The summed E-state index contributed by atoms with van der Waals surface area (Å²) in [7, 11) is -4.89. The van der Waals surface area contributed by atoms with Gasteiger partial charge in [0, 0.05) is 0 Å². The van der Waals surface area contributed by atoms with Gasteiger partial charge < -0.3 is 42.1 Å². The Morgan fingerprint density at radius 2 is 1.15 bits per heavy atom. The third-order valence-electron chi connectivity index (χ3n) is 0. The van der Waals surface area contributed by atoms with Crippen molar-refractivity contribution in [3.63, 3.8) is 0 Å². The van der Waals surface area contributed by atoms with Crippen LogP contribution in [0.25, 0.3) is 0 Å². The first-order valence-corrected chi connectivity index (χ1v) is 2.93. The minimum absolute atomic E-state index is 0. The molecule has 0 aromatic rings. The molecule has 0 aliphatic carbocycles. The van der Waals surface area contributed by atoms with Crippen molar-refractivity contribution >= 4 is 14.0 Å². The molecule has 13 heavy (non-hydrogen) atoms. The molecule has 64 valence electrons. The van der Waals surface area contributed by atoms with Crippen LogP contribution in [0.3, 0.4) is 0 Å². The van der Waals surface area contributed by atoms with Gasteiger partial charge >= 0.3 is 154 Å². The summed E-state index contributed by atoms with van der Waals surface area (Å²) in [6.45, 7) is 0. The Morgan fingerprint density at radius 1 is 1.15 bits per heavy atom. The van der Waals surface area contributed by atoms with Crippen molar-refractivity contribution < 1.29 is 201 Å². The second kappa shape index (κ2) is 21.8. The van der Waals surface area contributed by atoms with Crippen LogP contribution in [0.15, 0.2) is 0 Å². The van der Waals surface area contributed by atoms with Crippen LogP contribution >= 0.6 is 7.82 Å². The van der Waals surface area contributed by atoms with E-state index in [1.54, 1.807) is 0 Å². The fraction of sp³-hybridized carbons (Fsp3) is 0. The summed E-state index contributed by atoms with van der Waals surface area (Å²) in [5.74, 6) is 0. The van der Waals surface area contributed by atoms with E-state index >= 15 is 0 Å². The quantitative estimate of drug-likeness (QED) is 0.298. The van der Waals surface area contributed by atoms with Crippen molar-refractivity contribution in [2.75, 3.05) is 0 Å². The van der Waals surface area contributed by atoms with Crippen molar-refractivity contribution in [1.29, 1.82) is 0 Å². The van der Waals surface area contributed by atoms with E-state index in [2.05, 4.69) is 0 Å². The van der Waals surface area contributed by atoms with Gasteiger partial charge in [0.1, 0.15) is 0 Å². The molecule has 0 bridgehead atoms. The summed E-state index contributed by atoms with van der Waals surface area (Å²) >= 11 is 0. The molecule has 0 saturated carbocycles. The molecule has 0 saturated heterocycles. The van der Waals surface area contributed by atoms with Crippen LogP contribution in [0.5, 0.6) is 0 Å². The van der Waals surface area contributed by atoms with E-state index in [4.69, 9.17) is 34.3 Å². The van der Waals surface area contributed by atoms with Gasteiger partial charge in [-0.2, -0.15) is 0 Å². The third-order valence-corrected chi connectivity index (χ3v) is 0. The van der Waals surface area contributed by atoms with E-state index in [0.29, 0.717) is 0 Å². The summed E-state index contributed by atoms with van der Waals surface area (Å²) in [5.41, 5.74) is 0. The van der Waals surface area contributed by atoms with Gasteiger partial charge in [-0.1, -0.05) is 0 Å². The molecule has 0 aliphatic heterocycles. The van der Waals surface area contributed by atoms with Crippen molar-refractivity contribution in [2.24, 2.45) is 0 Å². The predicted octanol–water partition coefficient (Wildman–Crippen LogP) is -14.7. The third kappa shape index (κ3) is 168. The van der Waals surface area contributed by atoms with Crippen molar-refractivity contribution in [1.82, 2.24) is 0 Å². The number of hydrogen-bond acceptors (Lipinski definition) is 4. The molecule has 0 spiro atoms. The number of hydrogen-bond donors (Lipinski definition) is 3. The molecule has 0 radical (unpaired) electrons. The summed E-state index contributed by atoms with van der Waals surface area (Å²) in [6, 6.07) is 0. The van der Waals surface area contributed by atoms with Crippen LogP contribution in [0.2, 0.25) is 0 Å². The Balaban J connectivity index is -0.0000000146. The maximum absolute atomic E-state index is 8.77. The van der Waals surface area contributed by atoms with Crippen LogP contribution in [-0.4, -0.2) is 21.0 Å². The molecule has 12 heteroatoms. The minimum atomic E-state index is -4.89. The second-order valence-corrected chi connectivity index (χ2v) is 1.74. The van der Waals surface area contributed by atoms with Crippen molar-refractivity contribution in [3.05, 3.63) is 0 Å². The fourth-order valence-corrected chi connectivity index (χ4v) is 0.